The van der Waals surface area contributed by atoms with E-state index >= 15 is 0 Å². The lowest BCUT2D eigenvalue weighted by Gasteiger charge is -2.03. The number of carbonyl (C=O) groups is 1. The van der Waals surface area contributed by atoms with Crippen LogP contribution >= 0.6 is 11.5 Å². The maximum atomic E-state index is 11.5. The van der Waals surface area contributed by atoms with E-state index in [1.54, 1.807) is 31.2 Å². The van der Waals surface area contributed by atoms with Crippen LogP contribution in [0.5, 0.6) is 10.9 Å². The molecule has 0 saturated heterocycles. The molecule has 0 aliphatic rings. The first-order valence-corrected chi connectivity index (χ1v) is 7.28. The van der Waals surface area contributed by atoms with Crippen molar-refractivity contribution in [2.75, 3.05) is 6.61 Å². The average Bonchev–Trinajstić information content (AvgIpc) is 2.88. The Labute approximate surface area is 121 Å². The van der Waals surface area contributed by atoms with Crippen LogP contribution in [0.1, 0.15) is 36.5 Å². The first kappa shape index (κ1) is 14.5. The number of carbonyl (C=O) groups excluding carboxylic acids is 1. The van der Waals surface area contributed by atoms with E-state index in [9.17, 15) is 4.79 Å². The molecule has 0 unspecified atom stereocenters. The van der Waals surface area contributed by atoms with Crippen LogP contribution in [-0.4, -0.2) is 21.9 Å². The lowest BCUT2D eigenvalue weighted by Crippen LogP contribution is -2.03. The van der Waals surface area contributed by atoms with Gasteiger partial charge in [-0.3, -0.25) is 0 Å². The predicted molar refractivity (Wildman–Crippen MR) is 76.4 cm³/mol. The standard InChI is InChI=1S/C14H16N2O3S/c1-3-5-12-15-14(20-16-12)19-11-8-6-10(7-9-11)13(17)18-4-2/h6-9H,3-5H2,1-2H3. The summed E-state index contributed by atoms with van der Waals surface area (Å²) in [5, 5.41) is 0.511. The molecule has 0 saturated carbocycles. The Morgan fingerprint density at radius 2 is 2.00 bits per heavy atom. The lowest BCUT2D eigenvalue weighted by atomic mass is 10.2. The fourth-order valence-electron chi connectivity index (χ4n) is 1.58. The number of rotatable bonds is 6. The summed E-state index contributed by atoms with van der Waals surface area (Å²) in [6.07, 6.45) is 1.85. The van der Waals surface area contributed by atoms with Crippen molar-refractivity contribution in [1.82, 2.24) is 9.36 Å². The second kappa shape index (κ2) is 7.00. The zero-order valence-corrected chi connectivity index (χ0v) is 12.3. The molecule has 0 fully saturated rings. The van der Waals surface area contributed by atoms with Crippen molar-refractivity contribution in [1.29, 1.82) is 0 Å². The summed E-state index contributed by atoms with van der Waals surface area (Å²) in [5.41, 5.74) is 0.503. The van der Waals surface area contributed by atoms with Crippen LogP contribution in [0.4, 0.5) is 0 Å². The number of hydrogen-bond acceptors (Lipinski definition) is 6. The Morgan fingerprint density at radius 1 is 1.25 bits per heavy atom. The monoisotopic (exact) mass is 292 g/mol. The molecule has 0 radical (unpaired) electrons. The van der Waals surface area contributed by atoms with Gasteiger partial charge in [-0.25, -0.2) is 4.79 Å². The average molecular weight is 292 g/mol. The molecule has 1 heterocycles. The second-order valence-corrected chi connectivity index (χ2v) is 4.79. The van der Waals surface area contributed by atoms with Gasteiger partial charge in [-0.2, -0.15) is 9.36 Å². The Kier molecular flexibility index (Phi) is 5.06. The summed E-state index contributed by atoms with van der Waals surface area (Å²) < 4.78 is 14.7. The van der Waals surface area contributed by atoms with E-state index in [1.807, 2.05) is 0 Å². The summed E-state index contributed by atoms with van der Waals surface area (Å²) in [5.74, 6) is 1.09. The van der Waals surface area contributed by atoms with E-state index in [0.717, 1.165) is 18.7 Å². The number of aromatic nitrogens is 2. The first-order valence-electron chi connectivity index (χ1n) is 6.50. The summed E-state index contributed by atoms with van der Waals surface area (Å²) in [6.45, 7) is 4.22. The Balaban J connectivity index is 2.00. The van der Waals surface area contributed by atoms with Gasteiger partial charge in [0.1, 0.15) is 11.6 Å². The summed E-state index contributed by atoms with van der Waals surface area (Å²) in [6, 6.07) is 6.77. The van der Waals surface area contributed by atoms with Gasteiger partial charge in [0.2, 0.25) is 0 Å². The van der Waals surface area contributed by atoms with Gasteiger partial charge < -0.3 is 9.47 Å². The molecule has 106 valence electrons. The van der Waals surface area contributed by atoms with E-state index in [0.29, 0.717) is 23.1 Å². The molecule has 0 aliphatic heterocycles. The van der Waals surface area contributed by atoms with Gasteiger partial charge in [-0.15, -0.1) is 0 Å². The topological polar surface area (TPSA) is 61.3 Å². The van der Waals surface area contributed by atoms with Gasteiger partial charge in [0.15, 0.2) is 0 Å². The fraction of sp³-hybridized carbons (Fsp3) is 0.357. The van der Waals surface area contributed by atoms with E-state index in [4.69, 9.17) is 9.47 Å². The summed E-state index contributed by atoms with van der Waals surface area (Å²) in [7, 11) is 0. The zero-order chi connectivity index (χ0) is 14.4. The maximum absolute atomic E-state index is 11.5. The fourth-order valence-corrected chi connectivity index (χ4v) is 2.17. The van der Waals surface area contributed by atoms with Crippen LogP contribution < -0.4 is 4.74 Å². The molecule has 0 N–H and O–H groups in total. The Hall–Kier alpha value is -1.95. The molecule has 0 bridgehead atoms. The third-order valence-corrected chi connectivity index (χ3v) is 3.13. The Bertz CT molecular complexity index is 566. The highest BCUT2D eigenvalue weighted by atomic mass is 32.1. The van der Waals surface area contributed by atoms with Crippen molar-refractivity contribution in [3.8, 4) is 10.9 Å². The smallest absolute Gasteiger partial charge is 0.338 e. The largest absolute Gasteiger partial charge is 0.462 e. The molecule has 1 aromatic carbocycles. The third kappa shape index (κ3) is 3.77. The number of hydrogen-bond donors (Lipinski definition) is 0. The summed E-state index contributed by atoms with van der Waals surface area (Å²) >= 11 is 1.23. The molecule has 0 atom stereocenters. The van der Waals surface area contributed by atoms with E-state index in [2.05, 4.69) is 16.3 Å². The van der Waals surface area contributed by atoms with Crippen molar-refractivity contribution in [3.63, 3.8) is 0 Å². The minimum Gasteiger partial charge on any atom is -0.462 e. The third-order valence-electron chi connectivity index (χ3n) is 2.49. The van der Waals surface area contributed by atoms with Crippen LogP contribution in [0.15, 0.2) is 24.3 Å². The van der Waals surface area contributed by atoms with E-state index in [-0.39, 0.29) is 5.97 Å². The van der Waals surface area contributed by atoms with Crippen molar-refractivity contribution in [3.05, 3.63) is 35.7 Å². The first-order chi connectivity index (χ1) is 9.72. The number of ether oxygens (including phenoxy) is 2. The van der Waals surface area contributed by atoms with Crippen molar-refractivity contribution in [2.24, 2.45) is 0 Å². The van der Waals surface area contributed by atoms with Gasteiger partial charge in [-0.1, -0.05) is 6.92 Å². The molecular formula is C14H16N2O3S. The molecule has 2 rings (SSSR count). The highest BCUT2D eigenvalue weighted by molar-refractivity contribution is 7.07. The van der Waals surface area contributed by atoms with Crippen LogP contribution in [0.25, 0.3) is 0 Å². The van der Waals surface area contributed by atoms with Gasteiger partial charge >= 0.3 is 5.97 Å². The molecule has 1 aromatic heterocycles. The van der Waals surface area contributed by atoms with Crippen LogP contribution in [0, 0.1) is 0 Å². The number of nitrogens with zero attached hydrogens (tertiary/aromatic N) is 2. The molecule has 0 aliphatic carbocycles. The van der Waals surface area contributed by atoms with Crippen molar-refractivity contribution in [2.45, 2.75) is 26.7 Å². The van der Waals surface area contributed by atoms with Crippen molar-refractivity contribution >= 4 is 17.5 Å². The van der Waals surface area contributed by atoms with Gasteiger partial charge in [0, 0.05) is 18.0 Å². The van der Waals surface area contributed by atoms with E-state index < -0.39 is 0 Å². The molecule has 0 amide bonds. The lowest BCUT2D eigenvalue weighted by molar-refractivity contribution is 0.0526. The molecule has 20 heavy (non-hydrogen) atoms. The molecule has 6 heteroatoms. The highest BCUT2D eigenvalue weighted by Crippen LogP contribution is 2.23. The number of benzene rings is 1. The molecular weight excluding hydrogens is 276 g/mol. The zero-order valence-electron chi connectivity index (χ0n) is 11.5. The highest BCUT2D eigenvalue weighted by Gasteiger charge is 2.08. The summed E-state index contributed by atoms with van der Waals surface area (Å²) in [4.78, 5) is 15.8. The van der Waals surface area contributed by atoms with Crippen molar-refractivity contribution < 1.29 is 14.3 Å². The number of aryl methyl sites for hydroxylation is 1. The van der Waals surface area contributed by atoms with Crippen LogP contribution in [-0.2, 0) is 11.2 Å². The minimum atomic E-state index is -0.333. The van der Waals surface area contributed by atoms with Gasteiger partial charge in [-0.05, 0) is 37.6 Å². The predicted octanol–water partition coefficient (Wildman–Crippen LogP) is 3.46. The van der Waals surface area contributed by atoms with Crippen LogP contribution in [0.3, 0.4) is 0 Å². The maximum Gasteiger partial charge on any atom is 0.338 e. The normalized spacial score (nSPS) is 10.3. The molecule has 5 nitrogen and oxygen atoms in total. The quantitative estimate of drug-likeness (QED) is 0.763. The molecule has 0 spiro atoms. The number of esters is 1. The van der Waals surface area contributed by atoms with E-state index in [1.165, 1.54) is 11.5 Å². The minimum absolute atomic E-state index is 0.333. The van der Waals surface area contributed by atoms with Crippen LogP contribution in [0.2, 0.25) is 0 Å². The Morgan fingerprint density at radius 3 is 2.65 bits per heavy atom. The second-order valence-electron chi connectivity index (χ2n) is 4.07. The van der Waals surface area contributed by atoms with Gasteiger partial charge in [0.25, 0.3) is 5.19 Å². The van der Waals surface area contributed by atoms with Gasteiger partial charge in [0.05, 0.1) is 12.2 Å². The SMILES string of the molecule is CCCc1nsc(Oc2ccc(C(=O)OCC)cc2)n1. The molecule has 2 aromatic rings.